The molecule has 0 amide bonds. The zero-order valence-corrected chi connectivity index (χ0v) is 14.3. The molecule has 0 radical (unpaired) electrons. The van der Waals surface area contributed by atoms with Gasteiger partial charge in [-0.25, -0.2) is 0 Å². The Morgan fingerprint density at radius 1 is 1.52 bits per heavy atom. The lowest BCUT2D eigenvalue weighted by Crippen LogP contribution is -2.41. The molecule has 2 aliphatic rings. The fourth-order valence-electron chi connectivity index (χ4n) is 3.25. The number of aromatic nitrogens is 1. The molecule has 0 saturated carbocycles. The second kappa shape index (κ2) is 6.45. The van der Waals surface area contributed by atoms with Crippen molar-refractivity contribution in [3.63, 3.8) is 0 Å². The first-order chi connectivity index (χ1) is 10.9. The van der Waals surface area contributed by atoms with E-state index < -0.39 is 10.2 Å². The summed E-state index contributed by atoms with van der Waals surface area (Å²) in [4.78, 5) is 4.07. The van der Waals surface area contributed by atoms with Crippen LogP contribution in [0.25, 0.3) is 0 Å². The molecule has 0 N–H and O–H groups in total. The van der Waals surface area contributed by atoms with E-state index in [1.165, 1.54) is 4.31 Å². The van der Waals surface area contributed by atoms with Crippen molar-refractivity contribution in [3.05, 3.63) is 30.1 Å². The molecule has 3 rings (SSSR count). The molecular formula is C15H23N3O4S. The Labute approximate surface area is 137 Å². The summed E-state index contributed by atoms with van der Waals surface area (Å²) < 4.78 is 39.0. The van der Waals surface area contributed by atoms with Crippen LogP contribution in [0, 0.1) is 11.3 Å². The maximum Gasteiger partial charge on any atom is 0.281 e. The number of hydrogen-bond acceptors (Lipinski definition) is 5. The lowest BCUT2D eigenvalue weighted by molar-refractivity contribution is 0.0222. The van der Waals surface area contributed by atoms with Gasteiger partial charge in [0.15, 0.2) is 0 Å². The molecular weight excluding hydrogens is 318 g/mol. The number of pyridine rings is 1. The highest BCUT2D eigenvalue weighted by atomic mass is 32.2. The van der Waals surface area contributed by atoms with E-state index in [2.05, 4.69) is 4.98 Å². The molecule has 8 heteroatoms. The van der Waals surface area contributed by atoms with E-state index >= 15 is 0 Å². The third kappa shape index (κ3) is 3.27. The van der Waals surface area contributed by atoms with Gasteiger partial charge in [0.05, 0.1) is 26.4 Å². The van der Waals surface area contributed by atoms with Crippen molar-refractivity contribution in [1.29, 1.82) is 0 Å². The highest BCUT2D eigenvalue weighted by Gasteiger charge is 2.53. The SMILES string of the molecule is CN(C)S(=O)(=O)N1C[C@@H]2COC[C@]2(COCc2cccnc2)C1. The molecule has 1 aromatic rings. The van der Waals surface area contributed by atoms with Crippen molar-refractivity contribution >= 4 is 10.2 Å². The van der Waals surface area contributed by atoms with Gasteiger partial charge in [-0.1, -0.05) is 6.07 Å². The standard InChI is InChI=1S/C15H23N3O4S/c1-17(2)23(19,20)18-7-14-9-22-12-15(14,10-18)11-21-8-13-4-3-5-16-6-13/h3-6,14H,7-12H2,1-2H3/t14-,15-/m1/s1. The maximum absolute atomic E-state index is 12.4. The minimum absolute atomic E-state index is 0.186. The molecule has 2 atom stereocenters. The van der Waals surface area contributed by atoms with E-state index in [0.717, 1.165) is 5.56 Å². The summed E-state index contributed by atoms with van der Waals surface area (Å²) in [6, 6.07) is 3.84. The average Bonchev–Trinajstić information content (AvgIpc) is 3.05. The van der Waals surface area contributed by atoms with Crippen molar-refractivity contribution in [3.8, 4) is 0 Å². The molecule has 23 heavy (non-hydrogen) atoms. The normalized spacial score (nSPS) is 28.4. The van der Waals surface area contributed by atoms with Gasteiger partial charge in [0.2, 0.25) is 0 Å². The summed E-state index contributed by atoms with van der Waals surface area (Å²) in [5.41, 5.74) is 0.765. The van der Waals surface area contributed by atoms with E-state index in [4.69, 9.17) is 9.47 Å². The number of ether oxygens (including phenoxy) is 2. The Bertz CT molecular complexity index is 637. The van der Waals surface area contributed by atoms with E-state index in [0.29, 0.717) is 39.5 Å². The van der Waals surface area contributed by atoms with Crippen LogP contribution in [0.3, 0.4) is 0 Å². The Hall–Kier alpha value is -1.06. The molecule has 2 aliphatic heterocycles. The van der Waals surface area contributed by atoms with Crippen molar-refractivity contribution < 1.29 is 17.9 Å². The maximum atomic E-state index is 12.4. The molecule has 7 nitrogen and oxygen atoms in total. The third-order valence-electron chi connectivity index (χ3n) is 4.66. The van der Waals surface area contributed by atoms with Crippen LogP contribution in [-0.2, 0) is 26.3 Å². The largest absolute Gasteiger partial charge is 0.380 e. The van der Waals surface area contributed by atoms with Crippen LogP contribution in [0.5, 0.6) is 0 Å². The summed E-state index contributed by atoms with van der Waals surface area (Å²) in [6.07, 6.45) is 3.50. The zero-order valence-electron chi connectivity index (χ0n) is 13.5. The van der Waals surface area contributed by atoms with E-state index in [-0.39, 0.29) is 11.3 Å². The topological polar surface area (TPSA) is 72.0 Å². The van der Waals surface area contributed by atoms with Crippen molar-refractivity contribution in [2.45, 2.75) is 6.61 Å². The van der Waals surface area contributed by atoms with Gasteiger partial charge < -0.3 is 9.47 Å². The molecule has 1 aromatic heterocycles. The van der Waals surface area contributed by atoms with Crippen LogP contribution in [0.2, 0.25) is 0 Å². The van der Waals surface area contributed by atoms with Gasteiger partial charge in [-0.3, -0.25) is 4.98 Å². The first-order valence-corrected chi connectivity index (χ1v) is 9.06. The number of nitrogens with zero attached hydrogens (tertiary/aromatic N) is 3. The molecule has 0 bridgehead atoms. The highest BCUT2D eigenvalue weighted by Crippen LogP contribution is 2.42. The summed E-state index contributed by atoms with van der Waals surface area (Å²) in [7, 11) is -0.266. The van der Waals surface area contributed by atoms with Gasteiger partial charge in [0.25, 0.3) is 10.2 Å². The Kier molecular flexibility index (Phi) is 4.70. The molecule has 0 unspecified atom stereocenters. The van der Waals surface area contributed by atoms with Crippen LogP contribution < -0.4 is 0 Å². The van der Waals surface area contributed by atoms with Gasteiger partial charge in [-0.15, -0.1) is 0 Å². The predicted molar refractivity (Wildman–Crippen MR) is 84.8 cm³/mol. The molecule has 2 saturated heterocycles. The quantitative estimate of drug-likeness (QED) is 0.747. The number of hydrogen-bond donors (Lipinski definition) is 0. The molecule has 0 aromatic carbocycles. The third-order valence-corrected chi connectivity index (χ3v) is 6.51. The highest BCUT2D eigenvalue weighted by molar-refractivity contribution is 7.86. The zero-order chi connectivity index (χ0) is 16.5. The predicted octanol–water partition coefficient (Wildman–Crippen LogP) is 0.353. The van der Waals surface area contributed by atoms with Gasteiger partial charge in [0, 0.05) is 50.9 Å². The fraction of sp³-hybridized carbons (Fsp3) is 0.667. The van der Waals surface area contributed by atoms with Crippen LogP contribution in [-0.4, -0.2) is 69.0 Å². The summed E-state index contributed by atoms with van der Waals surface area (Å²) in [5, 5.41) is 0. The molecule has 0 spiro atoms. The van der Waals surface area contributed by atoms with Crippen LogP contribution >= 0.6 is 0 Å². The summed E-state index contributed by atoms with van der Waals surface area (Å²) >= 11 is 0. The van der Waals surface area contributed by atoms with E-state index in [9.17, 15) is 8.42 Å². The first kappa shape index (κ1) is 16.8. The molecule has 0 aliphatic carbocycles. The first-order valence-electron chi connectivity index (χ1n) is 7.66. The van der Waals surface area contributed by atoms with E-state index in [1.54, 1.807) is 30.8 Å². The smallest absolute Gasteiger partial charge is 0.281 e. The minimum Gasteiger partial charge on any atom is -0.380 e. The molecule has 2 fully saturated rings. The number of fused-ring (bicyclic) bond motifs is 1. The average molecular weight is 341 g/mol. The minimum atomic E-state index is -3.39. The van der Waals surface area contributed by atoms with Gasteiger partial charge in [-0.05, 0) is 11.6 Å². The monoisotopic (exact) mass is 341 g/mol. The lowest BCUT2D eigenvalue weighted by Gasteiger charge is -2.27. The van der Waals surface area contributed by atoms with Gasteiger partial charge in [0.1, 0.15) is 0 Å². The Morgan fingerprint density at radius 3 is 3.04 bits per heavy atom. The van der Waals surface area contributed by atoms with Crippen molar-refractivity contribution in [2.75, 3.05) is 47.0 Å². The van der Waals surface area contributed by atoms with Crippen LogP contribution in [0.15, 0.2) is 24.5 Å². The van der Waals surface area contributed by atoms with Gasteiger partial charge >= 0.3 is 0 Å². The number of rotatable bonds is 6. The fourth-order valence-corrected chi connectivity index (χ4v) is 4.50. The lowest BCUT2D eigenvalue weighted by atomic mass is 9.82. The van der Waals surface area contributed by atoms with Crippen molar-refractivity contribution in [1.82, 2.24) is 13.6 Å². The second-order valence-electron chi connectivity index (χ2n) is 6.51. The second-order valence-corrected chi connectivity index (χ2v) is 8.65. The molecule has 128 valence electrons. The van der Waals surface area contributed by atoms with Crippen molar-refractivity contribution in [2.24, 2.45) is 11.3 Å². The van der Waals surface area contributed by atoms with Crippen LogP contribution in [0.4, 0.5) is 0 Å². The van der Waals surface area contributed by atoms with Gasteiger partial charge in [-0.2, -0.15) is 17.0 Å². The summed E-state index contributed by atoms with van der Waals surface area (Å²) in [5.74, 6) is 0.186. The summed E-state index contributed by atoms with van der Waals surface area (Å²) in [6.45, 7) is 3.05. The Balaban J connectivity index is 1.65. The van der Waals surface area contributed by atoms with Crippen LogP contribution in [0.1, 0.15) is 5.56 Å². The molecule has 3 heterocycles. The Morgan fingerprint density at radius 2 is 2.35 bits per heavy atom. The van der Waals surface area contributed by atoms with E-state index in [1.807, 2.05) is 12.1 Å².